The smallest absolute Gasteiger partial charge is 0.326 e. The van der Waals surface area contributed by atoms with E-state index in [1.807, 2.05) is 0 Å². The van der Waals surface area contributed by atoms with Crippen molar-refractivity contribution in [2.24, 2.45) is 11.8 Å². The Kier molecular flexibility index (Phi) is 2.93. The number of hydrogen-bond acceptors (Lipinski definition) is 2. The Morgan fingerprint density at radius 3 is 2.20 bits per heavy atom. The van der Waals surface area contributed by atoms with Crippen LogP contribution in [0.1, 0.15) is 38.5 Å². The van der Waals surface area contributed by atoms with Gasteiger partial charge in [0.15, 0.2) is 0 Å². The van der Waals surface area contributed by atoms with Crippen molar-refractivity contribution >= 4 is 11.9 Å². The molecule has 0 heterocycles. The Balaban J connectivity index is 1.87. The highest BCUT2D eigenvalue weighted by atomic mass is 16.4. The van der Waals surface area contributed by atoms with Crippen LogP contribution in [0.4, 0.5) is 0 Å². The quantitative estimate of drug-likeness (QED) is 0.733. The second kappa shape index (κ2) is 4.21. The number of carboxylic acid groups (broad SMARTS) is 1. The maximum Gasteiger partial charge on any atom is 0.326 e. The molecule has 0 aromatic heterocycles. The minimum absolute atomic E-state index is 0.0493. The van der Waals surface area contributed by atoms with Crippen LogP contribution in [0, 0.1) is 11.8 Å². The molecular weight excluding hydrogens is 194 g/mol. The number of carbonyl (C=O) groups is 2. The van der Waals surface area contributed by atoms with Gasteiger partial charge in [0.2, 0.25) is 5.91 Å². The minimum atomic E-state index is -0.885. The summed E-state index contributed by atoms with van der Waals surface area (Å²) in [7, 11) is 0. The van der Waals surface area contributed by atoms with Crippen LogP contribution < -0.4 is 5.32 Å². The molecule has 2 fully saturated rings. The van der Waals surface area contributed by atoms with Gasteiger partial charge in [-0.1, -0.05) is 12.8 Å². The lowest BCUT2D eigenvalue weighted by Gasteiger charge is -2.16. The van der Waals surface area contributed by atoms with Crippen molar-refractivity contribution in [3.8, 4) is 0 Å². The van der Waals surface area contributed by atoms with E-state index in [4.69, 9.17) is 5.11 Å². The molecule has 4 nitrogen and oxygen atoms in total. The number of hydrogen-bond donors (Lipinski definition) is 2. The molecular formula is C11H17NO3. The van der Waals surface area contributed by atoms with Crippen LogP contribution in [-0.4, -0.2) is 23.0 Å². The Morgan fingerprint density at radius 1 is 1.13 bits per heavy atom. The molecule has 2 rings (SSSR count). The summed E-state index contributed by atoms with van der Waals surface area (Å²) in [4.78, 5) is 22.6. The molecule has 2 N–H and O–H groups in total. The first-order chi connectivity index (χ1) is 7.18. The number of carboxylic acids is 1. The lowest BCUT2D eigenvalue weighted by atomic mass is 10.1. The van der Waals surface area contributed by atoms with E-state index >= 15 is 0 Å². The molecule has 1 unspecified atom stereocenters. The number of carbonyl (C=O) groups excluding carboxylic acids is 1. The monoisotopic (exact) mass is 211 g/mol. The normalized spacial score (nSPS) is 23.7. The van der Waals surface area contributed by atoms with Crippen LogP contribution in [0.2, 0.25) is 0 Å². The van der Waals surface area contributed by atoms with Crippen LogP contribution in [0.3, 0.4) is 0 Å². The summed E-state index contributed by atoms with van der Waals surface area (Å²) < 4.78 is 0. The molecule has 2 saturated carbocycles. The second-order valence-electron chi connectivity index (χ2n) is 4.64. The Bertz CT molecular complexity index is 267. The summed E-state index contributed by atoms with van der Waals surface area (Å²) in [6.07, 6.45) is 5.90. The zero-order valence-electron chi connectivity index (χ0n) is 8.74. The zero-order valence-corrected chi connectivity index (χ0v) is 8.74. The van der Waals surface area contributed by atoms with Gasteiger partial charge in [0.05, 0.1) is 0 Å². The highest BCUT2D eigenvalue weighted by Gasteiger charge is 2.38. The van der Waals surface area contributed by atoms with Gasteiger partial charge < -0.3 is 10.4 Å². The van der Waals surface area contributed by atoms with E-state index in [1.54, 1.807) is 0 Å². The highest BCUT2D eigenvalue weighted by molar-refractivity contribution is 5.85. The summed E-state index contributed by atoms with van der Waals surface area (Å²) >= 11 is 0. The summed E-state index contributed by atoms with van der Waals surface area (Å²) in [6, 6.07) is -0.641. The molecule has 1 atom stereocenters. The number of nitrogens with one attached hydrogen (secondary N) is 1. The van der Waals surface area contributed by atoms with Crippen molar-refractivity contribution in [2.45, 2.75) is 44.6 Å². The fourth-order valence-electron chi connectivity index (χ4n) is 2.27. The van der Waals surface area contributed by atoms with Crippen molar-refractivity contribution in [1.29, 1.82) is 0 Å². The van der Waals surface area contributed by atoms with E-state index in [0.29, 0.717) is 0 Å². The van der Waals surface area contributed by atoms with Crippen LogP contribution in [-0.2, 0) is 9.59 Å². The summed E-state index contributed by atoms with van der Waals surface area (Å²) in [5.74, 6) is -0.700. The Labute approximate surface area is 89.0 Å². The lowest BCUT2D eigenvalue weighted by Crippen LogP contribution is -2.44. The van der Waals surface area contributed by atoms with Gasteiger partial charge in [-0.05, 0) is 31.6 Å². The summed E-state index contributed by atoms with van der Waals surface area (Å²) in [5, 5.41) is 11.6. The molecule has 0 aliphatic heterocycles. The van der Waals surface area contributed by atoms with Crippen LogP contribution in [0.5, 0.6) is 0 Å². The van der Waals surface area contributed by atoms with Gasteiger partial charge in [0.1, 0.15) is 6.04 Å². The first kappa shape index (κ1) is 10.5. The molecule has 4 heteroatoms. The largest absolute Gasteiger partial charge is 0.480 e. The van der Waals surface area contributed by atoms with Crippen molar-refractivity contribution in [1.82, 2.24) is 5.32 Å². The van der Waals surface area contributed by atoms with E-state index < -0.39 is 12.0 Å². The number of rotatable bonds is 4. The van der Waals surface area contributed by atoms with Crippen molar-refractivity contribution in [2.75, 3.05) is 0 Å². The van der Waals surface area contributed by atoms with E-state index in [1.165, 1.54) is 0 Å². The van der Waals surface area contributed by atoms with Crippen LogP contribution >= 0.6 is 0 Å². The van der Waals surface area contributed by atoms with E-state index in [9.17, 15) is 9.59 Å². The zero-order chi connectivity index (χ0) is 10.8. The third-order valence-corrected chi connectivity index (χ3v) is 3.38. The molecule has 2 aliphatic carbocycles. The van der Waals surface area contributed by atoms with Gasteiger partial charge in [0.25, 0.3) is 0 Å². The highest BCUT2D eigenvalue weighted by Crippen LogP contribution is 2.33. The minimum Gasteiger partial charge on any atom is -0.480 e. The van der Waals surface area contributed by atoms with Gasteiger partial charge in [-0.2, -0.15) is 0 Å². The molecule has 0 radical (unpaired) electrons. The van der Waals surface area contributed by atoms with Crippen molar-refractivity contribution in [3.05, 3.63) is 0 Å². The van der Waals surface area contributed by atoms with Crippen molar-refractivity contribution < 1.29 is 14.7 Å². The Morgan fingerprint density at radius 2 is 1.73 bits per heavy atom. The molecule has 2 aliphatic rings. The third-order valence-electron chi connectivity index (χ3n) is 3.38. The SMILES string of the molecule is O=C(NC(C(=O)O)C1CC1)C1CCCC1. The predicted molar refractivity (Wildman–Crippen MR) is 54.2 cm³/mol. The fourth-order valence-corrected chi connectivity index (χ4v) is 2.27. The second-order valence-corrected chi connectivity index (χ2v) is 4.64. The molecule has 0 spiro atoms. The molecule has 0 aromatic rings. The standard InChI is InChI=1S/C11H17NO3/c13-10(8-3-1-2-4-8)12-9(11(14)15)7-5-6-7/h7-9H,1-6H2,(H,12,13)(H,14,15). The third kappa shape index (κ3) is 2.49. The molecule has 1 amide bonds. The lowest BCUT2D eigenvalue weighted by molar-refractivity contribution is -0.143. The fraction of sp³-hybridized carbons (Fsp3) is 0.818. The van der Waals surface area contributed by atoms with Gasteiger partial charge in [-0.3, -0.25) is 4.79 Å². The molecule has 0 saturated heterocycles. The maximum atomic E-state index is 11.7. The summed E-state index contributed by atoms with van der Waals surface area (Å²) in [6.45, 7) is 0. The van der Waals surface area contributed by atoms with Gasteiger partial charge in [0, 0.05) is 5.92 Å². The van der Waals surface area contributed by atoms with E-state index in [-0.39, 0.29) is 17.7 Å². The van der Waals surface area contributed by atoms with Crippen LogP contribution in [0.15, 0.2) is 0 Å². The average Bonchev–Trinajstić information content (AvgIpc) is 2.87. The van der Waals surface area contributed by atoms with E-state index in [0.717, 1.165) is 38.5 Å². The first-order valence-electron chi connectivity index (χ1n) is 5.71. The predicted octanol–water partition coefficient (Wildman–Crippen LogP) is 1.16. The summed E-state index contributed by atoms with van der Waals surface area (Å²) in [5.41, 5.74) is 0. The topological polar surface area (TPSA) is 66.4 Å². The number of aliphatic carboxylic acids is 1. The van der Waals surface area contributed by atoms with Crippen LogP contribution in [0.25, 0.3) is 0 Å². The maximum absolute atomic E-state index is 11.7. The molecule has 0 bridgehead atoms. The Hall–Kier alpha value is -1.06. The van der Waals surface area contributed by atoms with Gasteiger partial charge in [-0.25, -0.2) is 4.79 Å². The first-order valence-corrected chi connectivity index (χ1v) is 5.71. The van der Waals surface area contributed by atoms with Crippen molar-refractivity contribution in [3.63, 3.8) is 0 Å². The average molecular weight is 211 g/mol. The molecule has 0 aromatic carbocycles. The molecule has 84 valence electrons. The van der Waals surface area contributed by atoms with Gasteiger partial charge in [-0.15, -0.1) is 0 Å². The van der Waals surface area contributed by atoms with Gasteiger partial charge >= 0.3 is 5.97 Å². The number of amides is 1. The van der Waals surface area contributed by atoms with E-state index in [2.05, 4.69) is 5.32 Å². The molecule has 15 heavy (non-hydrogen) atoms.